The molecule has 1 aliphatic rings. The molecule has 1 aliphatic carbocycles. The van der Waals surface area contributed by atoms with Crippen molar-refractivity contribution in [2.24, 2.45) is 22.6 Å². The second kappa shape index (κ2) is 4.04. The fraction of sp³-hybridized carbons (Fsp3) is 0.769. The quantitative estimate of drug-likeness (QED) is 0.640. The predicted octanol–water partition coefficient (Wildman–Crippen LogP) is 2.51. The zero-order valence-electron chi connectivity index (χ0n) is 11.4. The van der Waals surface area contributed by atoms with Crippen molar-refractivity contribution in [2.45, 2.75) is 47.1 Å². The van der Waals surface area contributed by atoms with Gasteiger partial charge in [-0.05, 0) is 23.7 Å². The van der Waals surface area contributed by atoms with Crippen LogP contribution in [-0.4, -0.2) is 11.0 Å². The Labute approximate surface area is 108 Å². The molecule has 0 amide bonds. The van der Waals surface area contributed by atoms with E-state index in [1.165, 1.54) is 0 Å². The molecule has 1 saturated carbocycles. The van der Waals surface area contributed by atoms with Crippen molar-refractivity contribution >= 4 is 11.3 Å². The van der Waals surface area contributed by atoms with Gasteiger partial charge in [-0.15, -0.1) is 11.3 Å². The highest BCUT2D eigenvalue weighted by molar-refractivity contribution is 7.09. The van der Waals surface area contributed by atoms with Crippen LogP contribution in [0.5, 0.6) is 0 Å². The van der Waals surface area contributed by atoms with E-state index in [1.54, 1.807) is 11.3 Å². The number of aryl methyl sites for hydroxylation is 1. The molecule has 4 heteroatoms. The highest BCUT2D eigenvalue weighted by Gasteiger charge is 2.66. The van der Waals surface area contributed by atoms with E-state index in [0.29, 0.717) is 22.8 Å². The highest BCUT2D eigenvalue weighted by atomic mass is 32.1. The SMILES string of the molecule is Cc1nc(CC(NN)C2C(C)(C)C2(C)C)cs1. The largest absolute Gasteiger partial charge is 0.271 e. The van der Waals surface area contributed by atoms with Crippen molar-refractivity contribution in [3.8, 4) is 0 Å². The Kier molecular flexibility index (Phi) is 3.09. The molecule has 0 aliphatic heterocycles. The predicted molar refractivity (Wildman–Crippen MR) is 72.7 cm³/mol. The molecule has 1 aromatic heterocycles. The zero-order valence-corrected chi connectivity index (χ0v) is 12.2. The van der Waals surface area contributed by atoms with Gasteiger partial charge in [-0.3, -0.25) is 11.3 Å². The average Bonchev–Trinajstić information content (AvgIpc) is 2.55. The third kappa shape index (κ3) is 2.02. The lowest BCUT2D eigenvalue weighted by Crippen LogP contribution is -2.40. The number of aromatic nitrogens is 1. The van der Waals surface area contributed by atoms with Crippen LogP contribution in [0, 0.1) is 23.7 Å². The molecular weight excluding hydrogens is 230 g/mol. The molecule has 1 fully saturated rings. The molecule has 1 heterocycles. The van der Waals surface area contributed by atoms with E-state index in [-0.39, 0.29) is 0 Å². The van der Waals surface area contributed by atoms with Gasteiger partial charge in [-0.1, -0.05) is 27.7 Å². The average molecular weight is 253 g/mol. The Morgan fingerprint density at radius 1 is 1.41 bits per heavy atom. The van der Waals surface area contributed by atoms with Gasteiger partial charge in [0.2, 0.25) is 0 Å². The van der Waals surface area contributed by atoms with Gasteiger partial charge >= 0.3 is 0 Å². The Balaban J connectivity index is 2.09. The summed E-state index contributed by atoms with van der Waals surface area (Å²) in [5, 5.41) is 3.27. The summed E-state index contributed by atoms with van der Waals surface area (Å²) in [6.07, 6.45) is 0.929. The molecule has 0 aromatic carbocycles. The fourth-order valence-electron chi connectivity index (χ4n) is 3.25. The van der Waals surface area contributed by atoms with Crippen LogP contribution < -0.4 is 11.3 Å². The van der Waals surface area contributed by atoms with Crippen molar-refractivity contribution in [3.63, 3.8) is 0 Å². The zero-order chi connectivity index (χ0) is 12.8. The van der Waals surface area contributed by atoms with Crippen molar-refractivity contribution in [2.75, 3.05) is 0 Å². The lowest BCUT2D eigenvalue weighted by Gasteiger charge is -2.17. The molecule has 17 heavy (non-hydrogen) atoms. The maximum atomic E-state index is 5.74. The number of hydrazine groups is 1. The summed E-state index contributed by atoms with van der Waals surface area (Å²) in [5.41, 5.74) is 4.87. The second-order valence-electron chi connectivity index (χ2n) is 6.26. The smallest absolute Gasteiger partial charge is 0.0897 e. The first kappa shape index (κ1) is 13.0. The molecule has 0 bridgehead atoms. The van der Waals surface area contributed by atoms with E-state index in [9.17, 15) is 0 Å². The van der Waals surface area contributed by atoms with Gasteiger partial charge in [0.1, 0.15) is 0 Å². The van der Waals surface area contributed by atoms with E-state index < -0.39 is 0 Å². The molecule has 0 spiro atoms. The third-order valence-electron chi connectivity index (χ3n) is 4.84. The van der Waals surface area contributed by atoms with Crippen LogP contribution in [0.1, 0.15) is 38.4 Å². The molecule has 96 valence electrons. The van der Waals surface area contributed by atoms with Gasteiger partial charge in [0.25, 0.3) is 0 Å². The van der Waals surface area contributed by atoms with Gasteiger partial charge in [0.15, 0.2) is 0 Å². The number of hydrogen-bond acceptors (Lipinski definition) is 4. The number of rotatable bonds is 4. The molecule has 2 rings (SSSR count). The first-order valence-corrected chi connectivity index (χ1v) is 7.06. The van der Waals surface area contributed by atoms with Crippen LogP contribution in [0.3, 0.4) is 0 Å². The van der Waals surface area contributed by atoms with Crippen LogP contribution in [0.4, 0.5) is 0 Å². The first-order chi connectivity index (χ1) is 7.80. The van der Waals surface area contributed by atoms with Crippen LogP contribution in [0.25, 0.3) is 0 Å². The lowest BCUT2D eigenvalue weighted by atomic mass is 10.0. The van der Waals surface area contributed by atoms with Gasteiger partial charge in [0, 0.05) is 17.8 Å². The van der Waals surface area contributed by atoms with Crippen molar-refractivity contribution in [3.05, 3.63) is 16.1 Å². The normalized spacial score (nSPS) is 23.6. The molecule has 3 N–H and O–H groups in total. The minimum Gasteiger partial charge on any atom is -0.271 e. The summed E-state index contributed by atoms with van der Waals surface area (Å²) in [6.45, 7) is 11.4. The summed E-state index contributed by atoms with van der Waals surface area (Å²) in [6, 6.07) is 0.321. The molecule has 3 nitrogen and oxygen atoms in total. The van der Waals surface area contributed by atoms with E-state index in [2.05, 4.69) is 43.5 Å². The standard InChI is InChI=1S/C13H23N3S/c1-8-15-9(7-17-8)6-10(16-14)11-12(2,3)13(11,4)5/h7,10-11,16H,6,14H2,1-5H3. The maximum Gasteiger partial charge on any atom is 0.0897 e. The Bertz CT molecular complexity index is 395. The number of nitrogens with zero attached hydrogens (tertiary/aromatic N) is 1. The summed E-state index contributed by atoms with van der Waals surface area (Å²) >= 11 is 1.71. The van der Waals surface area contributed by atoms with Gasteiger partial charge in [0.05, 0.1) is 10.7 Å². The monoisotopic (exact) mass is 253 g/mol. The van der Waals surface area contributed by atoms with Crippen LogP contribution in [0.2, 0.25) is 0 Å². The molecule has 0 radical (unpaired) electrons. The number of nitrogens with two attached hydrogens (primary N) is 1. The minimum absolute atomic E-state index is 0.321. The maximum absolute atomic E-state index is 5.74. The molecule has 1 atom stereocenters. The van der Waals surface area contributed by atoms with Gasteiger partial charge in [-0.25, -0.2) is 4.98 Å². The third-order valence-corrected chi connectivity index (χ3v) is 5.67. The lowest BCUT2D eigenvalue weighted by molar-refractivity contribution is 0.400. The van der Waals surface area contributed by atoms with E-state index in [0.717, 1.165) is 17.1 Å². The van der Waals surface area contributed by atoms with Crippen molar-refractivity contribution in [1.29, 1.82) is 0 Å². The Hall–Kier alpha value is -0.450. The summed E-state index contributed by atoms with van der Waals surface area (Å²) < 4.78 is 0. The first-order valence-electron chi connectivity index (χ1n) is 6.18. The molecule has 1 aromatic rings. The van der Waals surface area contributed by atoms with Crippen LogP contribution in [0.15, 0.2) is 5.38 Å². The highest BCUT2D eigenvalue weighted by Crippen LogP contribution is 2.69. The van der Waals surface area contributed by atoms with E-state index in [1.807, 2.05) is 6.92 Å². The van der Waals surface area contributed by atoms with E-state index >= 15 is 0 Å². The molecular formula is C13H23N3S. The van der Waals surface area contributed by atoms with Crippen molar-refractivity contribution in [1.82, 2.24) is 10.4 Å². The Morgan fingerprint density at radius 2 is 2.00 bits per heavy atom. The number of nitrogens with one attached hydrogen (secondary N) is 1. The molecule has 1 unspecified atom stereocenters. The van der Waals surface area contributed by atoms with Gasteiger partial charge in [-0.2, -0.15) is 0 Å². The summed E-state index contributed by atoms with van der Waals surface area (Å²) in [7, 11) is 0. The summed E-state index contributed by atoms with van der Waals surface area (Å²) in [4.78, 5) is 4.53. The fourth-order valence-corrected chi connectivity index (χ4v) is 3.88. The van der Waals surface area contributed by atoms with Crippen LogP contribution >= 0.6 is 11.3 Å². The second-order valence-corrected chi connectivity index (χ2v) is 7.32. The Morgan fingerprint density at radius 3 is 2.35 bits per heavy atom. The van der Waals surface area contributed by atoms with Crippen molar-refractivity contribution < 1.29 is 0 Å². The number of hydrogen-bond donors (Lipinski definition) is 2. The number of thiazole rings is 1. The topological polar surface area (TPSA) is 50.9 Å². The van der Waals surface area contributed by atoms with Crippen LogP contribution in [-0.2, 0) is 6.42 Å². The minimum atomic E-state index is 0.321. The van der Waals surface area contributed by atoms with Gasteiger partial charge < -0.3 is 0 Å². The summed E-state index contributed by atoms with van der Waals surface area (Å²) in [5.74, 6) is 6.35. The van der Waals surface area contributed by atoms with E-state index in [4.69, 9.17) is 5.84 Å². The molecule has 0 saturated heterocycles.